The van der Waals surface area contributed by atoms with Crippen molar-refractivity contribution in [2.24, 2.45) is 0 Å². The highest BCUT2D eigenvalue weighted by Crippen LogP contribution is 2.28. The Hall–Kier alpha value is -1.29. The predicted octanol–water partition coefficient (Wildman–Crippen LogP) is 1.99. The monoisotopic (exact) mass is 401 g/mol. The van der Waals surface area contributed by atoms with Gasteiger partial charge >= 0.3 is 0 Å². The van der Waals surface area contributed by atoms with Crippen LogP contribution < -0.4 is 0 Å². The van der Waals surface area contributed by atoms with Gasteiger partial charge in [0.05, 0.1) is 13.2 Å². The summed E-state index contributed by atoms with van der Waals surface area (Å²) in [4.78, 5) is 17.1. The average molecular weight is 402 g/mol. The summed E-state index contributed by atoms with van der Waals surface area (Å²) in [5.41, 5.74) is 0.851. The number of likely N-dealkylation sites (N-methyl/N-ethyl adjacent to an activating group) is 1. The molecular formula is C13H12BrN3O3S2. The third-order valence-corrected chi connectivity index (χ3v) is 6.52. The fourth-order valence-corrected chi connectivity index (χ4v) is 4.75. The SMILES string of the molecule is CN1CN(S(=O)(=O)c2csc(-c3ccc(Br)cc3)n2)CC1=O. The maximum absolute atomic E-state index is 12.5. The molecule has 0 bridgehead atoms. The molecule has 0 saturated carbocycles. The van der Waals surface area contributed by atoms with Crippen LogP contribution in [0.1, 0.15) is 0 Å². The van der Waals surface area contributed by atoms with E-state index in [-0.39, 0.29) is 24.1 Å². The van der Waals surface area contributed by atoms with Gasteiger partial charge in [0.25, 0.3) is 10.0 Å². The van der Waals surface area contributed by atoms with Crippen molar-refractivity contribution in [1.29, 1.82) is 0 Å². The van der Waals surface area contributed by atoms with E-state index in [1.807, 2.05) is 24.3 Å². The van der Waals surface area contributed by atoms with E-state index < -0.39 is 10.0 Å². The van der Waals surface area contributed by atoms with Gasteiger partial charge in [0.1, 0.15) is 5.01 Å². The fourth-order valence-electron chi connectivity index (χ4n) is 2.03. The lowest BCUT2D eigenvalue weighted by Crippen LogP contribution is -2.30. The molecule has 0 unspecified atom stereocenters. The summed E-state index contributed by atoms with van der Waals surface area (Å²) in [5, 5.41) is 2.12. The molecule has 2 aromatic rings. The van der Waals surface area contributed by atoms with Crippen LogP contribution in [0.5, 0.6) is 0 Å². The molecule has 1 fully saturated rings. The smallest absolute Gasteiger partial charge is 0.263 e. The number of aromatic nitrogens is 1. The molecule has 1 aliphatic heterocycles. The molecular weight excluding hydrogens is 390 g/mol. The van der Waals surface area contributed by atoms with Gasteiger partial charge in [-0.05, 0) is 12.1 Å². The Labute approximate surface area is 140 Å². The van der Waals surface area contributed by atoms with Gasteiger partial charge in [-0.25, -0.2) is 13.4 Å². The summed E-state index contributed by atoms with van der Waals surface area (Å²) in [7, 11) is -2.16. The lowest BCUT2D eigenvalue weighted by Gasteiger charge is -2.13. The second-order valence-corrected chi connectivity index (χ2v) is 8.50. The lowest BCUT2D eigenvalue weighted by molar-refractivity contribution is -0.125. The second-order valence-electron chi connectivity index (χ2n) is 4.85. The maximum Gasteiger partial charge on any atom is 0.263 e. The maximum atomic E-state index is 12.5. The molecule has 3 rings (SSSR count). The van der Waals surface area contributed by atoms with Gasteiger partial charge < -0.3 is 4.90 Å². The van der Waals surface area contributed by atoms with Gasteiger partial charge in [-0.1, -0.05) is 28.1 Å². The largest absolute Gasteiger partial charge is 0.331 e. The van der Waals surface area contributed by atoms with E-state index in [1.54, 1.807) is 7.05 Å². The van der Waals surface area contributed by atoms with Crippen molar-refractivity contribution >= 4 is 43.2 Å². The number of benzene rings is 1. The molecule has 9 heteroatoms. The number of sulfonamides is 1. The zero-order valence-electron chi connectivity index (χ0n) is 11.6. The van der Waals surface area contributed by atoms with Crippen LogP contribution in [0.4, 0.5) is 0 Å². The van der Waals surface area contributed by atoms with Crippen LogP contribution in [0.15, 0.2) is 39.1 Å². The summed E-state index contributed by atoms with van der Waals surface area (Å²) in [6, 6.07) is 7.48. The van der Waals surface area contributed by atoms with Crippen LogP contribution in [0.25, 0.3) is 10.6 Å². The Bertz CT molecular complexity index is 817. The van der Waals surface area contributed by atoms with Gasteiger partial charge in [-0.15, -0.1) is 11.3 Å². The van der Waals surface area contributed by atoms with Gasteiger partial charge in [-0.2, -0.15) is 4.31 Å². The number of amides is 1. The van der Waals surface area contributed by atoms with Crippen molar-refractivity contribution < 1.29 is 13.2 Å². The number of hydrogen-bond donors (Lipinski definition) is 0. The normalized spacial score (nSPS) is 16.5. The molecule has 0 aliphatic carbocycles. The van der Waals surface area contributed by atoms with Crippen molar-refractivity contribution in [1.82, 2.24) is 14.2 Å². The van der Waals surface area contributed by atoms with Crippen LogP contribution in [0, 0.1) is 0 Å². The minimum Gasteiger partial charge on any atom is -0.331 e. The van der Waals surface area contributed by atoms with Gasteiger partial charge in [0.15, 0.2) is 5.03 Å². The van der Waals surface area contributed by atoms with Crippen molar-refractivity contribution in [2.75, 3.05) is 20.3 Å². The Kier molecular flexibility index (Phi) is 4.06. The highest BCUT2D eigenvalue weighted by atomic mass is 79.9. The number of thiazole rings is 1. The van der Waals surface area contributed by atoms with E-state index in [0.29, 0.717) is 5.01 Å². The van der Waals surface area contributed by atoms with Crippen LogP contribution in [0.3, 0.4) is 0 Å². The zero-order chi connectivity index (χ0) is 15.9. The molecule has 2 heterocycles. The minimum absolute atomic E-state index is 0.0153. The zero-order valence-corrected chi connectivity index (χ0v) is 14.8. The van der Waals surface area contributed by atoms with Crippen LogP contribution >= 0.6 is 27.3 Å². The van der Waals surface area contributed by atoms with E-state index in [1.165, 1.54) is 21.6 Å². The third kappa shape index (κ3) is 2.81. The summed E-state index contributed by atoms with van der Waals surface area (Å²) < 4.78 is 27.1. The van der Waals surface area contributed by atoms with E-state index in [0.717, 1.165) is 14.3 Å². The van der Waals surface area contributed by atoms with Gasteiger partial charge in [0.2, 0.25) is 5.91 Å². The number of halogens is 1. The number of carbonyl (C=O) groups excluding carboxylic acids is 1. The summed E-state index contributed by atoms with van der Waals surface area (Å²) in [6.07, 6.45) is 0. The Balaban J connectivity index is 1.90. The quantitative estimate of drug-likeness (QED) is 0.788. The third-order valence-electron chi connectivity index (χ3n) is 3.29. The van der Waals surface area contributed by atoms with Crippen LogP contribution in [-0.4, -0.2) is 48.8 Å². The topological polar surface area (TPSA) is 70.6 Å². The van der Waals surface area contributed by atoms with Crippen LogP contribution in [-0.2, 0) is 14.8 Å². The first-order chi connectivity index (χ1) is 10.4. The molecule has 1 amide bonds. The lowest BCUT2D eigenvalue weighted by atomic mass is 10.2. The summed E-state index contributed by atoms with van der Waals surface area (Å²) in [6.45, 7) is -0.0731. The number of nitrogens with zero attached hydrogens (tertiary/aromatic N) is 3. The molecule has 0 radical (unpaired) electrons. The van der Waals surface area contributed by atoms with E-state index in [9.17, 15) is 13.2 Å². The van der Waals surface area contributed by atoms with Crippen molar-refractivity contribution in [2.45, 2.75) is 5.03 Å². The van der Waals surface area contributed by atoms with Gasteiger partial charge in [0, 0.05) is 22.5 Å². The Morgan fingerprint density at radius 3 is 2.55 bits per heavy atom. The fraction of sp³-hybridized carbons (Fsp3) is 0.231. The van der Waals surface area contributed by atoms with E-state index in [4.69, 9.17) is 0 Å². The number of hydrogen-bond acceptors (Lipinski definition) is 5. The standard InChI is InChI=1S/C13H12BrN3O3S2/c1-16-8-17(6-12(16)18)22(19,20)11-7-21-13(15-11)9-2-4-10(14)5-3-9/h2-5,7H,6,8H2,1H3. The molecule has 0 atom stereocenters. The molecule has 1 saturated heterocycles. The molecule has 1 aromatic heterocycles. The van der Waals surface area contributed by atoms with Crippen molar-refractivity contribution in [3.8, 4) is 10.6 Å². The van der Waals surface area contributed by atoms with Crippen molar-refractivity contribution in [3.05, 3.63) is 34.1 Å². The first-order valence-electron chi connectivity index (χ1n) is 6.33. The molecule has 116 valence electrons. The first kappa shape index (κ1) is 15.6. The summed E-state index contributed by atoms with van der Waals surface area (Å²) >= 11 is 4.62. The molecule has 22 heavy (non-hydrogen) atoms. The second kappa shape index (κ2) is 5.73. The molecule has 0 spiro atoms. The highest BCUT2D eigenvalue weighted by molar-refractivity contribution is 9.10. The van der Waals surface area contributed by atoms with E-state index in [2.05, 4.69) is 20.9 Å². The van der Waals surface area contributed by atoms with Crippen LogP contribution in [0.2, 0.25) is 0 Å². The molecule has 0 N–H and O–H groups in total. The predicted molar refractivity (Wildman–Crippen MR) is 86.8 cm³/mol. The van der Waals surface area contributed by atoms with E-state index >= 15 is 0 Å². The Morgan fingerprint density at radius 1 is 1.27 bits per heavy atom. The highest BCUT2D eigenvalue weighted by Gasteiger charge is 2.35. The molecule has 6 nitrogen and oxygen atoms in total. The Morgan fingerprint density at radius 2 is 1.95 bits per heavy atom. The summed E-state index contributed by atoms with van der Waals surface area (Å²) in [5.74, 6) is -0.216. The molecule has 1 aromatic carbocycles. The average Bonchev–Trinajstić information content (AvgIpc) is 3.08. The number of carbonyl (C=O) groups is 1. The minimum atomic E-state index is -3.74. The van der Waals surface area contributed by atoms with Gasteiger partial charge in [-0.3, -0.25) is 4.79 Å². The first-order valence-corrected chi connectivity index (χ1v) is 9.45. The molecule has 1 aliphatic rings. The number of rotatable bonds is 3. The van der Waals surface area contributed by atoms with Crippen molar-refractivity contribution in [3.63, 3.8) is 0 Å².